The topological polar surface area (TPSA) is 39.9 Å². The van der Waals surface area contributed by atoms with E-state index in [2.05, 4.69) is 22.2 Å². The van der Waals surface area contributed by atoms with Crippen LogP contribution in [0, 0.1) is 0 Å². The van der Waals surface area contributed by atoms with Gasteiger partial charge in [-0.05, 0) is 5.56 Å². The first kappa shape index (κ1) is 10.8. The minimum Gasteiger partial charge on any atom is -0.357 e. The molecule has 0 aliphatic carbocycles. The molecule has 3 rings (SSSR count). The molecule has 1 fully saturated rings. The minimum absolute atomic E-state index is 0.311. The number of benzene rings is 1. The molecule has 1 saturated heterocycles. The molecule has 1 aliphatic heterocycles. The SMILES string of the molecule is c1ccc(C2(Cn3cncn3)OCCS2)cc1. The number of nitrogens with zero attached hydrogens (tertiary/aromatic N) is 3. The first-order valence-electron chi connectivity index (χ1n) is 5.55. The Bertz CT molecular complexity index is 466. The van der Waals surface area contributed by atoms with Gasteiger partial charge in [-0.3, -0.25) is 0 Å². The summed E-state index contributed by atoms with van der Waals surface area (Å²) in [5.41, 5.74) is 1.19. The maximum absolute atomic E-state index is 5.97. The second-order valence-corrected chi connectivity index (χ2v) is 5.27. The average molecular weight is 247 g/mol. The van der Waals surface area contributed by atoms with Gasteiger partial charge in [-0.15, -0.1) is 11.8 Å². The standard InChI is InChI=1S/C12H13N3OS/c1-2-4-11(5-3-1)12(16-6-7-17-12)8-15-10-13-9-14-15/h1-5,9-10H,6-8H2. The van der Waals surface area contributed by atoms with Crippen LogP contribution in [0.4, 0.5) is 0 Å². The van der Waals surface area contributed by atoms with E-state index in [1.807, 2.05) is 34.6 Å². The fourth-order valence-electron chi connectivity index (χ4n) is 2.02. The Morgan fingerprint density at radius 3 is 2.88 bits per heavy atom. The third kappa shape index (κ3) is 2.08. The van der Waals surface area contributed by atoms with Crippen molar-refractivity contribution in [2.45, 2.75) is 11.5 Å². The molecular formula is C12H13N3OS. The molecule has 2 heterocycles. The van der Waals surface area contributed by atoms with E-state index in [0.29, 0.717) is 6.54 Å². The van der Waals surface area contributed by atoms with Crippen molar-refractivity contribution in [1.29, 1.82) is 0 Å². The smallest absolute Gasteiger partial charge is 0.158 e. The van der Waals surface area contributed by atoms with E-state index in [0.717, 1.165) is 12.4 Å². The van der Waals surface area contributed by atoms with Gasteiger partial charge in [-0.25, -0.2) is 9.67 Å². The number of aromatic nitrogens is 3. The molecule has 0 saturated carbocycles. The van der Waals surface area contributed by atoms with E-state index in [4.69, 9.17) is 4.74 Å². The second-order valence-electron chi connectivity index (χ2n) is 3.91. The van der Waals surface area contributed by atoms with E-state index < -0.39 is 0 Å². The van der Waals surface area contributed by atoms with Crippen molar-refractivity contribution < 1.29 is 4.74 Å². The molecule has 0 amide bonds. The Balaban J connectivity index is 1.93. The van der Waals surface area contributed by atoms with Gasteiger partial charge >= 0.3 is 0 Å². The van der Waals surface area contributed by atoms with Gasteiger partial charge in [0.25, 0.3) is 0 Å². The van der Waals surface area contributed by atoms with Crippen LogP contribution >= 0.6 is 11.8 Å². The molecule has 17 heavy (non-hydrogen) atoms. The van der Waals surface area contributed by atoms with Gasteiger partial charge in [0, 0.05) is 5.75 Å². The van der Waals surface area contributed by atoms with Crippen molar-refractivity contribution in [1.82, 2.24) is 14.8 Å². The monoisotopic (exact) mass is 247 g/mol. The highest BCUT2D eigenvalue weighted by molar-refractivity contribution is 8.00. The number of hydrogen-bond acceptors (Lipinski definition) is 4. The first-order chi connectivity index (χ1) is 8.39. The molecule has 1 aliphatic rings. The lowest BCUT2D eigenvalue weighted by Crippen LogP contribution is -2.28. The Labute approximate surface area is 104 Å². The van der Waals surface area contributed by atoms with Crippen LogP contribution in [0.3, 0.4) is 0 Å². The predicted octanol–water partition coefficient (Wildman–Crippen LogP) is 1.89. The number of hydrogen-bond donors (Lipinski definition) is 0. The van der Waals surface area contributed by atoms with Gasteiger partial charge in [-0.2, -0.15) is 5.10 Å². The third-order valence-corrected chi connectivity index (χ3v) is 4.12. The summed E-state index contributed by atoms with van der Waals surface area (Å²) in [6.07, 6.45) is 3.28. The van der Waals surface area contributed by atoms with E-state index in [-0.39, 0.29) is 4.93 Å². The Hall–Kier alpha value is -1.33. The normalized spacial score (nSPS) is 24.0. The maximum Gasteiger partial charge on any atom is 0.158 e. The lowest BCUT2D eigenvalue weighted by molar-refractivity contribution is 0.0330. The molecule has 0 bridgehead atoms. The summed E-state index contributed by atoms with van der Waals surface area (Å²) in [7, 11) is 0. The molecule has 88 valence electrons. The minimum atomic E-state index is -0.311. The summed E-state index contributed by atoms with van der Waals surface area (Å²) in [5.74, 6) is 1.02. The van der Waals surface area contributed by atoms with E-state index in [9.17, 15) is 0 Å². The fourth-order valence-corrected chi connectivity index (χ4v) is 3.21. The van der Waals surface area contributed by atoms with Crippen LogP contribution in [0.25, 0.3) is 0 Å². The van der Waals surface area contributed by atoms with Crippen molar-refractivity contribution in [2.75, 3.05) is 12.4 Å². The molecule has 0 radical (unpaired) electrons. The molecule has 1 aromatic heterocycles. The highest BCUT2D eigenvalue weighted by Crippen LogP contribution is 2.43. The van der Waals surface area contributed by atoms with Crippen LogP contribution in [-0.4, -0.2) is 27.1 Å². The second kappa shape index (κ2) is 4.50. The van der Waals surface area contributed by atoms with Crippen LogP contribution in [0.5, 0.6) is 0 Å². The van der Waals surface area contributed by atoms with Crippen molar-refractivity contribution in [3.8, 4) is 0 Å². The number of rotatable bonds is 3. The lowest BCUT2D eigenvalue weighted by Gasteiger charge is -2.27. The Kier molecular flexibility index (Phi) is 2.86. The van der Waals surface area contributed by atoms with E-state index >= 15 is 0 Å². The Morgan fingerprint density at radius 1 is 1.35 bits per heavy atom. The van der Waals surface area contributed by atoms with Crippen LogP contribution in [0.1, 0.15) is 5.56 Å². The first-order valence-corrected chi connectivity index (χ1v) is 6.53. The highest BCUT2D eigenvalue weighted by Gasteiger charge is 2.38. The highest BCUT2D eigenvalue weighted by atomic mass is 32.2. The van der Waals surface area contributed by atoms with Crippen LogP contribution in [0.15, 0.2) is 43.0 Å². The third-order valence-electron chi connectivity index (χ3n) is 2.80. The summed E-state index contributed by atoms with van der Waals surface area (Å²) in [5, 5.41) is 4.16. The molecule has 0 N–H and O–H groups in total. The van der Waals surface area contributed by atoms with Gasteiger partial charge in [-0.1, -0.05) is 30.3 Å². The van der Waals surface area contributed by atoms with Crippen LogP contribution in [0.2, 0.25) is 0 Å². The molecule has 5 heteroatoms. The zero-order valence-electron chi connectivity index (χ0n) is 9.32. The molecular weight excluding hydrogens is 234 g/mol. The molecule has 2 aromatic rings. The molecule has 1 unspecified atom stereocenters. The van der Waals surface area contributed by atoms with E-state index in [1.165, 1.54) is 5.56 Å². The summed E-state index contributed by atoms with van der Waals surface area (Å²) in [4.78, 5) is 3.67. The number of thioether (sulfide) groups is 1. The molecule has 4 nitrogen and oxygen atoms in total. The van der Waals surface area contributed by atoms with Gasteiger partial charge in [0.15, 0.2) is 4.93 Å². The van der Waals surface area contributed by atoms with Gasteiger partial charge in [0.1, 0.15) is 12.7 Å². The zero-order valence-corrected chi connectivity index (χ0v) is 10.1. The van der Waals surface area contributed by atoms with Crippen LogP contribution in [-0.2, 0) is 16.2 Å². The summed E-state index contributed by atoms with van der Waals surface area (Å²) in [6.45, 7) is 1.48. The average Bonchev–Trinajstić information content (AvgIpc) is 3.03. The zero-order chi connectivity index (χ0) is 11.6. The number of ether oxygens (including phenoxy) is 1. The van der Waals surface area contributed by atoms with Gasteiger partial charge < -0.3 is 4.74 Å². The van der Waals surface area contributed by atoms with Crippen molar-refractivity contribution in [2.24, 2.45) is 0 Å². The summed E-state index contributed by atoms with van der Waals surface area (Å²) >= 11 is 1.83. The quantitative estimate of drug-likeness (QED) is 0.830. The van der Waals surface area contributed by atoms with Crippen molar-refractivity contribution >= 4 is 11.8 Å². The summed E-state index contributed by atoms with van der Waals surface area (Å²) in [6, 6.07) is 10.3. The predicted molar refractivity (Wildman–Crippen MR) is 66.6 cm³/mol. The van der Waals surface area contributed by atoms with E-state index in [1.54, 1.807) is 12.7 Å². The molecule has 1 atom stereocenters. The fraction of sp³-hybridized carbons (Fsp3) is 0.333. The van der Waals surface area contributed by atoms with Crippen molar-refractivity contribution in [3.05, 3.63) is 48.5 Å². The largest absolute Gasteiger partial charge is 0.357 e. The molecule has 0 spiro atoms. The maximum atomic E-state index is 5.97. The molecule has 1 aromatic carbocycles. The lowest BCUT2D eigenvalue weighted by atomic mass is 10.1. The van der Waals surface area contributed by atoms with Crippen molar-refractivity contribution in [3.63, 3.8) is 0 Å². The Morgan fingerprint density at radius 2 is 2.24 bits per heavy atom. The van der Waals surface area contributed by atoms with Gasteiger partial charge in [0.2, 0.25) is 0 Å². The van der Waals surface area contributed by atoms with Gasteiger partial charge in [0.05, 0.1) is 13.2 Å². The summed E-state index contributed by atoms with van der Waals surface area (Å²) < 4.78 is 7.80. The van der Waals surface area contributed by atoms with Crippen LogP contribution < -0.4 is 0 Å².